The summed E-state index contributed by atoms with van der Waals surface area (Å²) in [5.74, 6) is 0. The first-order valence-electron chi connectivity index (χ1n) is 6.61. The molecule has 0 heterocycles. The molecular weight excluding hydrogens is 250 g/mol. The molecule has 0 aliphatic heterocycles. The summed E-state index contributed by atoms with van der Waals surface area (Å²) in [4.78, 5) is 1.29. The van der Waals surface area contributed by atoms with Crippen molar-refractivity contribution >= 4 is 11.8 Å². The highest BCUT2D eigenvalue weighted by Crippen LogP contribution is 2.36. The van der Waals surface area contributed by atoms with E-state index in [0.717, 1.165) is 0 Å². The molecular formula is C17H21NS. The molecule has 2 aromatic rings. The third kappa shape index (κ3) is 3.40. The zero-order valence-electron chi connectivity index (χ0n) is 11.8. The maximum atomic E-state index is 5.97. The van der Waals surface area contributed by atoms with Crippen molar-refractivity contribution in [2.24, 2.45) is 5.73 Å². The van der Waals surface area contributed by atoms with Crippen LogP contribution in [0, 0.1) is 20.8 Å². The Morgan fingerprint density at radius 1 is 0.947 bits per heavy atom. The number of hydrogen-bond acceptors (Lipinski definition) is 2. The molecule has 100 valence electrons. The summed E-state index contributed by atoms with van der Waals surface area (Å²) in [7, 11) is 0. The van der Waals surface area contributed by atoms with Crippen molar-refractivity contribution in [3.05, 3.63) is 64.7 Å². The standard InChI is InChI=1S/C17H21NS/c1-12-8-9-15(10-14(12)3)19-17(11-18)16-7-5-4-6-13(16)2/h4-10,17H,11,18H2,1-3H3. The number of hydrogen-bond donors (Lipinski definition) is 1. The Hall–Kier alpha value is -1.25. The van der Waals surface area contributed by atoms with Crippen LogP contribution in [0.3, 0.4) is 0 Å². The molecule has 0 saturated heterocycles. The highest BCUT2D eigenvalue weighted by atomic mass is 32.2. The molecule has 0 radical (unpaired) electrons. The van der Waals surface area contributed by atoms with E-state index in [9.17, 15) is 0 Å². The van der Waals surface area contributed by atoms with Crippen LogP contribution in [-0.2, 0) is 0 Å². The maximum absolute atomic E-state index is 5.97. The second-order valence-corrected chi connectivity index (χ2v) is 6.22. The molecule has 0 saturated carbocycles. The molecule has 0 aromatic heterocycles. The van der Waals surface area contributed by atoms with Crippen molar-refractivity contribution in [2.75, 3.05) is 6.54 Å². The molecule has 0 spiro atoms. The summed E-state index contributed by atoms with van der Waals surface area (Å²) >= 11 is 1.85. The van der Waals surface area contributed by atoms with Crippen molar-refractivity contribution in [1.82, 2.24) is 0 Å². The van der Waals surface area contributed by atoms with Crippen molar-refractivity contribution in [3.63, 3.8) is 0 Å². The van der Waals surface area contributed by atoms with Gasteiger partial charge in [-0.05, 0) is 55.2 Å². The van der Waals surface area contributed by atoms with Crippen LogP contribution in [0.15, 0.2) is 47.4 Å². The number of benzene rings is 2. The summed E-state index contributed by atoms with van der Waals surface area (Å²) in [5, 5.41) is 0.323. The summed E-state index contributed by atoms with van der Waals surface area (Å²) in [6.45, 7) is 7.11. The van der Waals surface area contributed by atoms with Crippen LogP contribution in [0.25, 0.3) is 0 Å². The highest BCUT2D eigenvalue weighted by molar-refractivity contribution is 7.99. The predicted molar refractivity (Wildman–Crippen MR) is 84.7 cm³/mol. The van der Waals surface area contributed by atoms with E-state index in [-0.39, 0.29) is 0 Å². The number of thioether (sulfide) groups is 1. The van der Waals surface area contributed by atoms with Crippen LogP contribution in [0.1, 0.15) is 27.5 Å². The molecule has 0 bridgehead atoms. The minimum Gasteiger partial charge on any atom is -0.329 e. The monoisotopic (exact) mass is 271 g/mol. The van der Waals surface area contributed by atoms with Gasteiger partial charge in [-0.15, -0.1) is 11.8 Å². The molecule has 2 aromatic carbocycles. The third-order valence-electron chi connectivity index (χ3n) is 3.51. The molecule has 2 N–H and O–H groups in total. The van der Waals surface area contributed by atoms with Gasteiger partial charge < -0.3 is 5.73 Å². The molecule has 2 heteroatoms. The van der Waals surface area contributed by atoms with Gasteiger partial charge in [0.25, 0.3) is 0 Å². The summed E-state index contributed by atoms with van der Waals surface area (Å²) in [6, 6.07) is 15.1. The van der Waals surface area contributed by atoms with Crippen LogP contribution < -0.4 is 5.73 Å². The number of aryl methyl sites for hydroxylation is 3. The minimum atomic E-state index is 0.323. The van der Waals surface area contributed by atoms with Gasteiger partial charge in [0.05, 0.1) is 0 Å². The third-order valence-corrected chi connectivity index (χ3v) is 4.76. The first-order chi connectivity index (χ1) is 9.11. The Balaban J connectivity index is 2.24. The normalized spacial score (nSPS) is 12.4. The minimum absolute atomic E-state index is 0.323. The average molecular weight is 271 g/mol. The first kappa shape index (κ1) is 14.2. The van der Waals surface area contributed by atoms with E-state index >= 15 is 0 Å². The van der Waals surface area contributed by atoms with Gasteiger partial charge in [0.2, 0.25) is 0 Å². The molecule has 1 atom stereocenters. The fourth-order valence-electron chi connectivity index (χ4n) is 2.14. The molecule has 0 aliphatic carbocycles. The van der Waals surface area contributed by atoms with Gasteiger partial charge in [0.1, 0.15) is 0 Å². The summed E-state index contributed by atoms with van der Waals surface area (Å²) < 4.78 is 0. The van der Waals surface area contributed by atoms with Crippen molar-refractivity contribution in [2.45, 2.75) is 30.9 Å². The Morgan fingerprint density at radius 3 is 2.32 bits per heavy atom. The largest absolute Gasteiger partial charge is 0.329 e. The topological polar surface area (TPSA) is 26.0 Å². The average Bonchev–Trinajstić information content (AvgIpc) is 2.41. The lowest BCUT2D eigenvalue weighted by Crippen LogP contribution is -2.10. The molecule has 19 heavy (non-hydrogen) atoms. The van der Waals surface area contributed by atoms with Crippen LogP contribution in [0.4, 0.5) is 0 Å². The Kier molecular flexibility index (Phi) is 4.67. The number of nitrogens with two attached hydrogens (primary N) is 1. The van der Waals surface area contributed by atoms with Crippen LogP contribution in [0.5, 0.6) is 0 Å². The van der Waals surface area contributed by atoms with Crippen molar-refractivity contribution < 1.29 is 0 Å². The lowest BCUT2D eigenvalue weighted by atomic mass is 10.1. The van der Waals surface area contributed by atoms with E-state index < -0.39 is 0 Å². The maximum Gasteiger partial charge on any atom is 0.0469 e. The van der Waals surface area contributed by atoms with E-state index in [1.807, 2.05) is 11.8 Å². The van der Waals surface area contributed by atoms with Gasteiger partial charge in [0, 0.05) is 16.7 Å². The Labute approximate surface area is 120 Å². The lowest BCUT2D eigenvalue weighted by Gasteiger charge is -2.17. The molecule has 0 fully saturated rings. The first-order valence-corrected chi connectivity index (χ1v) is 7.49. The highest BCUT2D eigenvalue weighted by Gasteiger charge is 2.13. The van der Waals surface area contributed by atoms with Gasteiger partial charge >= 0.3 is 0 Å². The second kappa shape index (κ2) is 6.27. The van der Waals surface area contributed by atoms with Crippen molar-refractivity contribution in [1.29, 1.82) is 0 Å². The summed E-state index contributed by atoms with van der Waals surface area (Å²) in [5.41, 5.74) is 11.3. The lowest BCUT2D eigenvalue weighted by molar-refractivity contribution is 0.930. The molecule has 0 amide bonds. The quantitative estimate of drug-likeness (QED) is 0.834. The smallest absolute Gasteiger partial charge is 0.0469 e. The van der Waals surface area contributed by atoms with E-state index in [2.05, 4.69) is 63.2 Å². The van der Waals surface area contributed by atoms with Crippen LogP contribution in [-0.4, -0.2) is 6.54 Å². The van der Waals surface area contributed by atoms with Gasteiger partial charge in [-0.3, -0.25) is 0 Å². The zero-order valence-corrected chi connectivity index (χ0v) is 12.6. The second-order valence-electron chi connectivity index (χ2n) is 4.94. The molecule has 0 aliphatic rings. The number of rotatable bonds is 4. The SMILES string of the molecule is Cc1ccc(SC(CN)c2ccccc2C)cc1C. The molecule has 2 rings (SSSR count). The van der Waals surface area contributed by atoms with E-state index in [1.165, 1.54) is 27.1 Å². The fraction of sp³-hybridized carbons (Fsp3) is 0.294. The van der Waals surface area contributed by atoms with Crippen LogP contribution >= 0.6 is 11.8 Å². The summed E-state index contributed by atoms with van der Waals surface area (Å²) in [6.07, 6.45) is 0. The van der Waals surface area contributed by atoms with Gasteiger partial charge in [-0.1, -0.05) is 30.3 Å². The molecule has 1 unspecified atom stereocenters. The molecule has 1 nitrogen and oxygen atoms in total. The van der Waals surface area contributed by atoms with Gasteiger partial charge in [0.15, 0.2) is 0 Å². The van der Waals surface area contributed by atoms with Gasteiger partial charge in [-0.25, -0.2) is 0 Å². The van der Waals surface area contributed by atoms with E-state index in [0.29, 0.717) is 11.8 Å². The fourth-order valence-corrected chi connectivity index (χ4v) is 3.35. The van der Waals surface area contributed by atoms with E-state index in [4.69, 9.17) is 5.73 Å². The predicted octanol–water partition coefficient (Wildman–Crippen LogP) is 4.40. The van der Waals surface area contributed by atoms with Crippen molar-refractivity contribution in [3.8, 4) is 0 Å². The van der Waals surface area contributed by atoms with E-state index in [1.54, 1.807) is 0 Å². The Morgan fingerprint density at radius 2 is 1.68 bits per heavy atom. The zero-order chi connectivity index (χ0) is 13.8. The van der Waals surface area contributed by atoms with Gasteiger partial charge in [-0.2, -0.15) is 0 Å². The Bertz CT molecular complexity index is 563. The van der Waals surface area contributed by atoms with Crippen LogP contribution in [0.2, 0.25) is 0 Å².